The second-order valence-electron chi connectivity index (χ2n) is 5.94. The third-order valence-corrected chi connectivity index (χ3v) is 4.64. The maximum Gasteiger partial charge on any atom is 0.240 e. The van der Waals surface area contributed by atoms with Crippen LogP contribution in [0, 0.1) is 17.3 Å². The minimum absolute atomic E-state index is 0.0602. The van der Waals surface area contributed by atoms with Crippen LogP contribution in [0.25, 0.3) is 0 Å². The Morgan fingerprint density at radius 2 is 1.87 bits per heavy atom. The molecule has 15 heavy (non-hydrogen) atoms. The Balaban J connectivity index is 1.96. The van der Waals surface area contributed by atoms with Gasteiger partial charge in [-0.25, -0.2) is 5.84 Å². The van der Waals surface area contributed by atoms with E-state index in [-0.39, 0.29) is 11.3 Å². The van der Waals surface area contributed by atoms with Crippen molar-refractivity contribution in [2.75, 3.05) is 0 Å². The van der Waals surface area contributed by atoms with Gasteiger partial charge in [0.1, 0.15) is 0 Å². The molecule has 0 saturated heterocycles. The number of carbonyl (C=O) groups excluding carboxylic acids is 1. The summed E-state index contributed by atoms with van der Waals surface area (Å²) in [7, 11) is 0. The van der Waals surface area contributed by atoms with Crippen LogP contribution in [0.3, 0.4) is 0 Å². The van der Waals surface area contributed by atoms with Crippen molar-refractivity contribution in [2.24, 2.45) is 23.1 Å². The average molecular weight is 210 g/mol. The number of carbonyl (C=O) groups is 1. The standard InChI is InChI=1S/C11H18N2O2/c12-13-9(14)10-2-7-1-8(3-10)5-11(15,4-7)6-10/h7-8,15H,1-6,12H2,(H,13,14). The summed E-state index contributed by atoms with van der Waals surface area (Å²) in [5.41, 5.74) is 1.36. The van der Waals surface area contributed by atoms with E-state index in [1.165, 1.54) is 6.42 Å². The Hall–Kier alpha value is -0.610. The fourth-order valence-corrected chi connectivity index (χ4v) is 4.63. The number of rotatable bonds is 1. The maximum absolute atomic E-state index is 11.9. The summed E-state index contributed by atoms with van der Waals surface area (Å²) in [5, 5.41) is 10.4. The van der Waals surface area contributed by atoms with Gasteiger partial charge >= 0.3 is 0 Å². The highest BCUT2D eigenvalue weighted by Gasteiger charge is 2.59. The predicted octanol–water partition coefficient (Wildman–Crippen LogP) is 0.308. The largest absolute Gasteiger partial charge is 0.390 e. The highest BCUT2D eigenvalue weighted by molar-refractivity contribution is 5.82. The monoisotopic (exact) mass is 210 g/mol. The molecule has 4 rings (SSSR count). The molecule has 0 aliphatic heterocycles. The van der Waals surface area contributed by atoms with Gasteiger partial charge in [-0.2, -0.15) is 0 Å². The number of amides is 1. The van der Waals surface area contributed by atoms with Crippen molar-refractivity contribution in [3.8, 4) is 0 Å². The Labute approximate surface area is 89.2 Å². The van der Waals surface area contributed by atoms with Crippen molar-refractivity contribution in [2.45, 2.75) is 44.1 Å². The van der Waals surface area contributed by atoms with Crippen LogP contribution in [-0.4, -0.2) is 16.6 Å². The molecule has 84 valence electrons. The first kappa shape index (κ1) is 9.60. The number of hydrogen-bond acceptors (Lipinski definition) is 3. The first-order valence-electron chi connectivity index (χ1n) is 5.79. The molecule has 2 unspecified atom stereocenters. The van der Waals surface area contributed by atoms with E-state index >= 15 is 0 Å². The zero-order valence-corrected chi connectivity index (χ0v) is 8.83. The highest BCUT2D eigenvalue weighted by atomic mass is 16.3. The molecular weight excluding hydrogens is 192 g/mol. The molecule has 0 aromatic heterocycles. The van der Waals surface area contributed by atoms with Gasteiger partial charge in [0.15, 0.2) is 0 Å². The minimum atomic E-state index is -0.573. The van der Waals surface area contributed by atoms with Gasteiger partial charge in [0.05, 0.1) is 11.0 Å². The lowest BCUT2D eigenvalue weighted by Gasteiger charge is -2.59. The van der Waals surface area contributed by atoms with E-state index in [4.69, 9.17) is 5.84 Å². The van der Waals surface area contributed by atoms with Crippen LogP contribution in [0.5, 0.6) is 0 Å². The quantitative estimate of drug-likeness (QED) is 0.331. The number of nitrogens with one attached hydrogen (secondary N) is 1. The zero-order chi connectivity index (χ0) is 10.7. The topological polar surface area (TPSA) is 75.3 Å². The highest BCUT2D eigenvalue weighted by Crippen LogP contribution is 2.61. The van der Waals surface area contributed by atoms with E-state index < -0.39 is 5.60 Å². The lowest BCUT2D eigenvalue weighted by Crippen LogP contribution is -2.61. The van der Waals surface area contributed by atoms with E-state index in [9.17, 15) is 9.90 Å². The fraction of sp³-hybridized carbons (Fsp3) is 0.909. The van der Waals surface area contributed by atoms with Crippen LogP contribution in [0.4, 0.5) is 0 Å². The Morgan fingerprint density at radius 1 is 1.27 bits per heavy atom. The van der Waals surface area contributed by atoms with E-state index in [0.29, 0.717) is 18.3 Å². The molecule has 0 aromatic carbocycles. The van der Waals surface area contributed by atoms with Gasteiger partial charge in [-0.15, -0.1) is 0 Å². The first-order chi connectivity index (χ1) is 7.05. The molecule has 2 atom stereocenters. The summed E-state index contributed by atoms with van der Waals surface area (Å²) in [4.78, 5) is 11.9. The molecular formula is C11H18N2O2. The Bertz CT molecular complexity index is 302. The van der Waals surface area contributed by atoms with Crippen LogP contribution in [-0.2, 0) is 4.79 Å². The van der Waals surface area contributed by atoms with E-state index in [1.54, 1.807) is 0 Å². The van der Waals surface area contributed by atoms with Crippen LogP contribution in [0.15, 0.2) is 0 Å². The molecule has 4 nitrogen and oxygen atoms in total. The van der Waals surface area contributed by atoms with Gasteiger partial charge in [-0.05, 0) is 50.4 Å². The summed E-state index contributed by atoms with van der Waals surface area (Å²) in [6.45, 7) is 0. The van der Waals surface area contributed by atoms with Crippen LogP contribution in [0.2, 0.25) is 0 Å². The van der Waals surface area contributed by atoms with Crippen LogP contribution >= 0.6 is 0 Å². The lowest BCUT2D eigenvalue weighted by molar-refractivity contribution is -0.178. The van der Waals surface area contributed by atoms with Crippen molar-refractivity contribution < 1.29 is 9.90 Å². The SMILES string of the molecule is NNC(=O)C12CC3CC(CC(O)(C3)C1)C2. The molecule has 4 fully saturated rings. The summed E-state index contributed by atoms with van der Waals surface area (Å²) in [6.07, 6.45) is 5.45. The van der Waals surface area contributed by atoms with Crippen molar-refractivity contribution in [1.82, 2.24) is 5.43 Å². The molecule has 4 saturated carbocycles. The molecule has 0 heterocycles. The van der Waals surface area contributed by atoms with Gasteiger partial charge in [0, 0.05) is 0 Å². The van der Waals surface area contributed by atoms with Crippen molar-refractivity contribution >= 4 is 5.91 Å². The van der Waals surface area contributed by atoms with Crippen LogP contribution < -0.4 is 11.3 Å². The van der Waals surface area contributed by atoms with Gasteiger partial charge < -0.3 is 5.11 Å². The molecule has 0 spiro atoms. The molecule has 4 aliphatic rings. The van der Waals surface area contributed by atoms with E-state index in [0.717, 1.165) is 25.7 Å². The number of hydrogen-bond donors (Lipinski definition) is 3. The van der Waals surface area contributed by atoms with Gasteiger partial charge in [0.25, 0.3) is 0 Å². The van der Waals surface area contributed by atoms with E-state index in [2.05, 4.69) is 5.43 Å². The van der Waals surface area contributed by atoms with E-state index in [1.807, 2.05) is 0 Å². The minimum Gasteiger partial charge on any atom is -0.390 e. The molecule has 0 aromatic rings. The molecule has 1 amide bonds. The number of aliphatic hydroxyl groups is 1. The predicted molar refractivity (Wildman–Crippen MR) is 54.4 cm³/mol. The first-order valence-corrected chi connectivity index (χ1v) is 5.79. The molecule has 4 heteroatoms. The fourth-order valence-electron chi connectivity index (χ4n) is 4.63. The lowest BCUT2D eigenvalue weighted by atomic mass is 9.47. The molecule has 0 radical (unpaired) electrons. The maximum atomic E-state index is 11.9. The molecule has 4 aliphatic carbocycles. The Kier molecular flexibility index (Phi) is 1.75. The van der Waals surface area contributed by atoms with Gasteiger partial charge in [-0.1, -0.05) is 0 Å². The molecule has 4 bridgehead atoms. The van der Waals surface area contributed by atoms with Gasteiger partial charge in [-0.3, -0.25) is 10.2 Å². The summed E-state index contributed by atoms with van der Waals surface area (Å²) >= 11 is 0. The molecule has 4 N–H and O–H groups in total. The van der Waals surface area contributed by atoms with Gasteiger partial charge in [0.2, 0.25) is 5.91 Å². The summed E-state index contributed by atoms with van der Waals surface area (Å²) < 4.78 is 0. The summed E-state index contributed by atoms with van der Waals surface area (Å²) in [6, 6.07) is 0. The Morgan fingerprint density at radius 3 is 2.33 bits per heavy atom. The normalized spacial score (nSPS) is 51.9. The zero-order valence-electron chi connectivity index (χ0n) is 8.83. The second kappa shape index (κ2) is 2.74. The van der Waals surface area contributed by atoms with Crippen LogP contribution in [0.1, 0.15) is 38.5 Å². The number of nitrogens with two attached hydrogens (primary N) is 1. The van der Waals surface area contributed by atoms with Crippen molar-refractivity contribution in [3.63, 3.8) is 0 Å². The third kappa shape index (κ3) is 1.24. The summed E-state index contributed by atoms with van der Waals surface area (Å²) in [5.74, 6) is 6.27. The smallest absolute Gasteiger partial charge is 0.240 e. The van der Waals surface area contributed by atoms with Crippen molar-refractivity contribution in [1.29, 1.82) is 0 Å². The third-order valence-electron chi connectivity index (χ3n) is 4.64. The number of hydrazine groups is 1. The average Bonchev–Trinajstić information content (AvgIpc) is 2.12. The second-order valence-corrected chi connectivity index (χ2v) is 5.94. The van der Waals surface area contributed by atoms with Crippen molar-refractivity contribution in [3.05, 3.63) is 0 Å².